The Morgan fingerprint density at radius 2 is 1.44 bits per heavy atom. The molecule has 8 heteroatoms. The van der Waals surface area contributed by atoms with Gasteiger partial charge in [0.05, 0.1) is 23.6 Å². The Balaban J connectivity index is 1.67. The fourth-order valence-corrected chi connectivity index (χ4v) is 5.34. The Morgan fingerprint density at radius 3 is 2.07 bits per heavy atom. The van der Waals surface area contributed by atoms with Gasteiger partial charge in [0.25, 0.3) is 5.91 Å². The highest BCUT2D eigenvalue weighted by Gasteiger charge is 2.24. The highest BCUT2D eigenvalue weighted by Crippen LogP contribution is 2.22. The lowest BCUT2D eigenvalue weighted by Crippen LogP contribution is -2.38. The number of benzene rings is 3. The molecule has 0 bridgehead atoms. The number of nitrogens with one attached hydrogen (secondary N) is 1. The van der Waals surface area contributed by atoms with Crippen molar-refractivity contribution in [3.05, 3.63) is 130 Å². The Bertz CT molecular complexity index is 1880. The third-order valence-electron chi connectivity index (χ3n) is 7.51. The van der Waals surface area contributed by atoms with Crippen molar-refractivity contribution in [2.45, 2.75) is 66.2 Å². The van der Waals surface area contributed by atoms with Crippen LogP contribution in [0.5, 0.6) is 0 Å². The van der Waals surface area contributed by atoms with Crippen LogP contribution in [-0.2, 0) is 17.7 Å². The van der Waals surface area contributed by atoms with E-state index in [0.717, 1.165) is 33.4 Å². The first kappa shape index (κ1) is 31.4. The zero-order valence-electron chi connectivity index (χ0n) is 26.9. The number of nitrogens with zero attached hydrogens (tertiary/aromatic N) is 4. The smallest absolute Gasteiger partial charge is 0.437 e. The molecule has 5 rings (SSSR count). The molecule has 8 nitrogen and oxygen atoms in total. The first-order valence-electron chi connectivity index (χ1n) is 15.3. The molecule has 1 N–H and O–H groups in total. The number of hydrogen-bond acceptors (Lipinski definition) is 4. The lowest BCUT2D eigenvalue weighted by Gasteiger charge is -2.22. The van der Waals surface area contributed by atoms with E-state index >= 15 is 0 Å². The molecule has 2 amide bonds. The summed E-state index contributed by atoms with van der Waals surface area (Å²) < 4.78 is 9.80. The molecule has 0 fully saturated rings. The van der Waals surface area contributed by atoms with E-state index < -0.39 is 11.7 Å². The van der Waals surface area contributed by atoms with E-state index in [1.54, 1.807) is 6.07 Å². The first-order valence-corrected chi connectivity index (χ1v) is 15.3. The summed E-state index contributed by atoms with van der Waals surface area (Å²) in [6.45, 7) is 12.2. The van der Waals surface area contributed by atoms with E-state index in [4.69, 9.17) is 4.74 Å². The highest BCUT2D eigenvalue weighted by molar-refractivity contribution is 5.92. The third-order valence-corrected chi connectivity index (χ3v) is 7.51. The SMILES string of the molecule is Cc1ccc(CC(CNC(=O)c2cccc(C)n2)n2c(=NC(=O)OC(C)(C)C)n(Cc3ccc(C)cc3)c3ccccc32)cc1. The van der Waals surface area contributed by atoms with Crippen LogP contribution in [0.15, 0.2) is 96.0 Å². The van der Waals surface area contributed by atoms with Gasteiger partial charge in [0.1, 0.15) is 11.3 Å². The summed E-state index contributed by atoms with van der Waals surface area (Å²) in [5.41, 5.74) is 7.18. The van der Waals surface area contributed by atoms with Crippen molar-refractivity contribution in [2.75, 3.05) is 6.54 Å². The van der Waals surface area contributed by atoms with Gasteiger partial charge in [-0.1, -0.05) is 77.9 Å². The number of aromatic nitrogens is 3. The average molecular weight is 604 g/mol. The van der Waals surface area contributed by atoms with E-state index in [0.29, 0.717) is 24.3 Å². The van der Waals surface area contributed by atoms with Gasteiger partial charge < -0.3 is 19.2 Å². The molecule has 0 radical (unpaired) electrons. The minimum absolute atomic E-state index is 0.262. The summed E-state index contributed by atoms with van der Waals surface area (Å²) in [5.74, 6) is -0.262. The molecular weight excluding hydrogens is 562 g/mol. The first-order chi connectivity index (χ1) is 21.5. The Labute approximate surface area is 264 Å². The van der Waals surface area contributed by atoms with Gasteiger partial charge in [-0.3, -0.25) is 4.79 Å². The quantitative estimate of drug-likeness (QED) is 0.210. The van der Waals surface area contributed by atoms with Crippen molar-refractivity contribution in [3.8, 4) is 0 Å². The van der Waals surface area contributed by atoms with Gasteiger partial charge in [0, 0.05) is 12.2 Å². The van der Waals surface area contributed by atoms with Crippen LogP contribution in [0.1, 0.15) is 65.2 Å². The zero-order valence-corrected chi connectivity index (χ0v) is 26.9. The number of amides is 2. The van der Waals surface area contributed by atoms with Crippen LogP contribution in [-0.4, -0.2) is 38.3 Å². The molecule has 0 saturated heterocycles. The van der Waals surface area contributed by atoms with Crippen molar-refractivity contribution >= 4 is 23.0 Å². The molecule has 5 aromatic rings. The van der Waals surface area contributed by atoms with Gasteiger partial charge in [0.15, 0.2) is 0 Å². The number of ether oxygens (including phenoxy) is 1. The number of fused-ring (bicyclic) bond motifs is 1. The summed E-state index contributed by atoms with van der Waals surface area (Å²) in [5, 5.41) is 3.12. The van der Waals surface area contributed by atoms with E-state index in [1.165, 1.54) is 5.56 Å². The summed E-state index contributed by atoms with van der Waals surface area (Å²) in [6, 6.07) is 29.8. The van der Waals surface area contributed by atoms with Crippen molar-refractivity contribution in [1.82, 2.24) is 19.4 Å². The predicted molar refractivity (Wildman–Crippen MR) is 177 cm³/mol. The fourth-order valence-electron chi connectivity index (χ4n) is 5.34. The number of carbonyl (C=O) groups excluding carboxylic acids is 2. The summed E-state index contributed by atoms with van der Waals surface area (Å²) >= 11 is 0. The highest BCUT2D eigenvalue weighted by atomic mass is 16.6. The van der Waals surface area contributed by atoms with Crippen LogP contribution < -0.4 is 10.9 Å². The fraction of sp³-hybridized carbons (Fsp3) is 0.297. The van der Waals surface area contributed by atoms with Crippen LogP contribution in [0.2, 0.25) is 0 Å². The van der Waals surface area contributed by atoms with Gasteiger partial charge in [-0.25, -0.2) is 9.78 Å². The zero-order chi connectivity index (χ0) is 32.1. The standard InChI is InChI=1S/C37H41N5O3/c1-25-14-18-28(19-15-25)22-30(23-38-34(43)31-11-9-10-27(3)39-31)42-33-13-8-7-12-32(33)41(24-29-20-16-26(2)17-21-29)35(42)40-36(44)45-37(4,5)6/h7-21,30H,22-24H2,1-6H3,(H,38,43). The maximum atomic E-state index is 13.3. The van der Waals surface area contributed by atoms with Crippen LogP contribution in [0.25, 0.3) is 11.0 Å². The molecule has 45 heavy (non-hydrogen) atoms. The molecular formula is C37H41N5O3. The topological polar surface area (TPSA) is 90.5 Å². The second kappa shape index (κ2) is 13.3. The predicted octanol–water partition coefficient (Wildman–Crippen LogP) is 6.86. The molecule has 0 aliphatic rings. The van der Waals surface area contributed by atoms with Crippen molar-refractivity contribution in [2.24, 2.45) is 4.99 Å². The monoisotopic (exact) mass is 603 g/mol. The molecule has 0 saturated carbocycles. The molecule has 0 aliphatic carbocycles. The van der Waals surface area contributed by atoms with Gasteiger partial charge in [-0.2, -0.15) is 0 Å². The second-order valence-corrected chi connectivity index (χ2v) is 12.5. The van der Waals surface area contributed by atoms with Gasteiger partial charge >= 0.3 is 6.09 Å². The number of pyridine rings is 1. The van der Waals surface area contributed by atoms with Gasteiger partial charge in [0.2, 0.25) is 5.62 Å². The van der Waals surface area contributed by atoms with Crippen molar-refractivity contribution in [1.29, 1.82) is 0 Å². The molecule has 0 spiro atoms. The Kier molecular flexibility index (Phi) is 9.32. The largest absolute Gasteiger partial charge is 0.442 e. The van der Waals surface area contributed by atoms with Crippen LogP contribution in [0.4, 0.5) is 4.79 Å². The maximum absolute atomic E-state index is 13.3. The van der Waals surface area contributed by atoms with E-state index in [9.17, 15) is 9.59 Å². The lowest BCUT2D eigenvalue weighted by molar-refractivity contribution is 0.0592. The molecule has 1 atom stereocenters. The Morgan fingerprint density at radius 1 is 0.822 bits per heavy atom. The molecule has 0 aliphatic heterocycles. The number of carbonyl (C=O) groups is 2. The van der Waals surface area contributed by atoms with Crippen LogP contribution in [0.3, 0.4) is 0 Å². The molecule has 232 valence electrons. The number of rotatable bonds is 8. The summed E-state index contributed by atoms with van der Waals surface area (Å²) in [6.07, 6.45) is -0.0896. The number of aryl methyl sites for hydroxylation is 3. The van der Waals surface area contributed by atoms with E-state index in [2.05, 4.69) is 86.8 Å². The van der Waals surface area contributed by atoms with Gasteiger partial charge in [-0.15, -0.1) is 4.99 Å². The van der Waals surface area contributed by atoms with Crippen molar-refractivity contribution < 1.29 is 14.3 Å². The molecule has 2 heterocycles. The number of imidazole rings is 1. The summed E-state index contributed by atoms with van der Waals surface area (Å²) in [7, 11) is 0. The number of para-hydroxylation sites is 2. The van der Waals surface area contributed by atoms with E-state index in [-0.39, 0.29) is 18.5 Å². The van der Waals surface area contributed by atoms with E-state index in [1.807, 2.05) is 64.1 Å². The van der Waals surface area contributed by atoms with Gasteiger partial charge in [-0.05, 0) is 83.4 Å². The second-order valence-electron chi connectivity index (χ2n) is 12.5. The number of hydrogen-bond donors (Lipinski definition) is 1. The normalized spacial score (nSPS) is 12.7. The Hall–Kier alpha value is -4.98. The van der Waals surface area contributed by atoms with Crippen molar-refractivity contribution in [3.63, 3.8) is 0 Å². The molecule has 1 unspecified atom stereocenters. The third kappa shape index (κ3) is 7.95. The summed E-state index contributed by atoms with van der Waals surface area (Å²) in [4.78, 5) is 35.6. The lowest BCUT2D eigenvalue weighted by atomic mass is 10.0. The van der Waals surface area contributed by atoms with Crippen LogP contribution >= 0.6 is 0 Å². The molecule has 3 aromatic carbocycles. The van der Waals surface area contributed by atoms with Crippen LogP contribution in [0, 0.1) is 20.8 Å². The maximum Gasteiger partial charge on any atom is 0.437 e. The minimum Gasteiger partial charge on any atom is -0.442 e. The average Bonchev–Trinajstić information content (AvgIpc) is 3.28. The minimum atomic E-state index is -0.713. The molecule has 2 aromatic heterocycles.